The van der Waals surface area contributed by atoms with Gasteiger partial charge < -0.3 is 16.4 Å². The van der Waals surface area contributed by atoms with Crippen molar-refractivity contribution in [2.45, 2.75) is 39.2 Å². The number of carbonyl (C=O) groups is 2. The maximum atomic E-state index is 11.7. The van der Waals surface area contributed by atoms with E-state index in [1.54, 1.807) is 0 Å². The van der Waals surface area contributed by atoms with Crippen LogP contribution in [-0.2, 0) is 16.0 Å². The molecule has 5 nitrogen and oxygen atoms in total. The van der Waals surface area contributed by atoms with Gasteiger partial charge in [-0.25, -0.2) is 0 Å². The molecule has 0 aliphatic heterocycles. The van der Waals surface area contributed by atoms with E-state index >= 15 is 0 Å². The Morgan fingerprint density at radius 1 is 1.15 bits per heavy atom. The van der Waals surface area contributed by atoms with E-state index in [4.69, 9.17) is 5.73 Å². The second-order valence-corrected chi connectivity index (χ2v) is 5.77. The van der Waals surface area contributed by atoms with Crippen LogP contribution in [0.15, 0.2) is 24.3 Å². The van der Waals surface area contributed by atoms with E-state index < -0.39 is 0 Å². The van der Waals surface area contributed by atoms with Crippen molar-refractivity contribution in [3.8, 4) is 0 Å². The van der Waals surface area contributed by atoms with Crippen LogP contribution in [-0.4, -0.2) is 23.9 Å². The molecule has 5 heteroatoms. The Labute approximate surface area is 119 Å². The van der Waals surface area contributed by atoms with E-state index in [1.165, 1.54) is 0 Å². The number of rotatable bonds is 5. The van der Waals surface area contributed by atoms with Crippen molar-refractivity contribution in [2.24, 2.45) is 0 Å². The highest BCUT2D eigenvalue weighted by molar-refractivity contribution is 5.85. The summed E-state index contributed by atoms with van der Waals surface area (Å²) < 4.78 is 0. The third kappa shape index (κ3) is 6.22. The molecule has 0 spiro atoms. The Kier molecular flexibility index (Phi) is 5.55. The second kappa shape index (κ2) is 6.93. The number of para-hydroxylation sites is 1. The van der Waals surface area contributed by atoms with Crippen LogP contribution >= 0.6 is 0 Å². The summed E-state index contributed by atoms with van der Waals surface area (Å²) in [5.74, 6) is -0.345. The Morgan fingerprint density at radius 2 is 1.80 bits per heavy atom. The van der Waals surface area contributed by atoms with Crippen molar-refractivity contribution in [2.75, 3.05) is 12.3 Å². The number of amides is 2. The van der Waals surface area contributed by atoms with Crippen molar-refractivity contribution >= 4 is 17.5 Å². The Bertz CT molecular complexity index is 478. The lowest BCUT2D eigenvalue weighted by Crippen LogP contribution is -2.45. The van der Waals surface area contributed by atoms with Crippen LogP contribution in [0.3, 0.4) is 0 Å². The van der Waals surface area contributed by atoms with Crippen molar-refractivity contribution in [1.29, 1.82) is 0 Å². The fourth-order valence-electron chi connectivity index (χ4n) is 1.74. The molecule has 0 aliphatic rings. The molecular weight excluding hydrogens is 254 g/mol. The number of nitrogens with two attached hydrogens (primary N) is 1. The largest absolute Gasteiger partial charge is 0.399 e. The molecule has 0 unspecified atom stereocenters. The third-order valence-corrected chi connectivity index (χ3v) is 2.64. The molecule has 2 amide bonds. The molecule has 1 aromatic carbocycles. The predicted molar refractivity (Wildman–Crippen MR) is 80.1 cm³/mol. The molecule has 0 radical (unpaired) electrons. The van der Waals surface area contributed by atoms with Crippen LogP contribution in [0.5, 0.6) is 0 Å². The molecule has 0 heterocycles. The average molecular weight is 277 g/mol. The van der Waals surface area contributed by atoms with Gasteiger partial charge in [-0.3, -0.25) is 9.59 Å². The van der Waals surface area contributed by atoms with Crippen molar-refractivity contribution in [3.63, 3.8) is 0 Å². The minimum Gasteiger partial charge on any atom is -0.399 e. The summed E-state index contributed by atoms with van der Waals surface area (Å²) in [7, 11) is 0. The zero-order valence-corrected chi connectivity index (χ0v) is 12.3. The highest BCUT2D eigenvalue weighted by Gasteiger charge is 2.14. The molecule has 0 aromatic heterocycles. The molecule has 0 saturated carbocycles. The van der Waals surface area contributed by atoms with Crippen LogP contribution in [0.1, 0.15) is 32.8 Å². The Morgan fingerprint density at radius 3 is 2.40 bits per heavy atom. The normalized spacial score (nSPS) is 10.9. The van der Waals surface area contributed by atoms with E-state index in [0.29, 0.717) is 18.5 Å². The lowest BCUT2D eigenvalue weighted by Gasteiger charge is -2.20. The summed E-state index contributed by atoms with van der Waals surface area (Å²) in [5.41, 5.74) is 7.14. The zero-order chi connectivity index (χ0) is 15.2. The molecule has 0 fully saturated rings. The lowest BCUT2D eigenvalue weighted by atomic mass is 10.1. The maximum Gasteiger partial charge on any atom is 0.239 e. The summed E-state index contributed by atoms with van der Waals surface area (Å²) in [5, 5.41) is 5.39. The SMILES string of the molecule is CC(C)(C)NC(=O)CNC(=O)CCc1ccccc1N. The fraction of sp³-hybridized carbons (Fsp3) is 0.467. The minimum atomic E-state index is -0.291. The number of nitrogen functional groups attached to an aromatic ring is 1. The fourth-order valence-corrected chi connectivity index (χ4v) is 1.74. The Hall–Kier alpha value is -2.04. The molecule has 0 atom stereocenters. The van der Waals surface area contributed by atoms with Crippen LogP contribution < -0.4 is 16.4 Å². The number of anilines is 1. The van der Waals surface area contributed by atoms with Gasteiger partial charge in [0.1, 0.15) is 0 Å². The van der Waals surface area contributed by atoms with Gasteiger partial charge in [-0.15, -0.1) is 0 Å². The first-order valence-electron chi connectivity index (χ1n) is 6.69. The number of benzene rings is 1. The van der Waals surface area contributed by atoms with E-state index in [9.17, 15) is 9.59 Å². The summed E-state index contributed by atoms with van der Waals surface area (Å²) >= 11 is 0. The van der Waals surface area contributed by atoms with Gasteiger partial charge in [0.05, 0.1) is 6.54 Å². The van der Waals surface area contributed by atoms with Crippen LogP contribution in [0.2, 0.25) is 0 Å². The summed E-state index contributed by atoms with van der Waals surface area (Å²) in [4.78, 5) is 23.2. The van der Waals surface area contributed by atoms with Crippen molar-refractivity contribution in [1.82, 2.24) is 10.6 Å². The number of carbonyl (C=O) groups excluding carboxylic acids is 2. The molecule has 0 aliphatic carbocycles. The molecular formula is C15H23N3O2. The van der Waals surface area contributed by atoms with Gasteiger partial charge in [0.15, 0.2) is 0 Å². The van der Waals surface area contributed by atoms with Gasteiger partial charge in [-0.05, 0) is 38.8 Å². The molecule has 1 aromatic rings. The topological polar surface area (TPSA) is 84.2 Å². The third-order valence-electron chi connectivity index (χ3n) is 2.64. The monoisotopic (exact) mass is 277 g/mol. The molecule has 4 N–H and O–H groups in total. The summed E-state index contributed by atoms with van der Waals surface area (Å²) in [6.45, 7) is 5.68. The number of aryl methyl sites for hydroxylation is 1. The van der Waals surface area contributed by atoms with Crippen LogP contribution in [0.4, 0.5) is 5.69 Å². The number of nitrogens with one attached hydrogen (secondary N) is 2. The van der Waals surface area contributed by atoms with Gasteiger partial charge in [-0.1, -0.05) is 18.2 Å². The average Bonchev–Trinajstić information content (AvgIpc) is 2.33. The van der Waals surface area contributed by atoms with Crippen LogP contribution in [0, 0.1) is 0 Å². The van der Waals surface area contributed by atoms with Gasteiger partial charge in [-0.2, -0.15) is 0 Å². The first-order chi connectivity index (χ1) is 9.28. The van der Waals surface area contributed by atoms with Crippen molar-refractivity contribution < 1.29 is 9.59 Å². The van der Waals surface area contributed by atoms with Gasteiger partial charge in [0.25, 0.3) is 0 Å². The van der Waals surface area contributed by atoms with Gasteiger partial charge in [0.2, 0.25) is 11.8 Å². The minimum absolute atomic E-state index is 0.000372. The zero-order valence-electron chi connectivity index (χ0n) is 12.3. The molecule has 1 rings (SSSR count). The van der Waals surface area contributed by atoms with Crippen LogP contribution in [0.25, 0.3) is 0 Å². The molecule has 110 valence electrons. The highest BCUT2D eigenvalue weighted by Crippen LogP contribution is 2.12. The first-order valence-corrected chi connectivity index (χ1v) is 6.69. The molecule has 20 heavy (non-hydrogen) atoms. The van der Waals surface area contributed by atoms with E-state index in [2.05, 4.69) is 10.6 Å². The second-order valence-electron chi connectivity index (χ2n) is 5.77. The number of hydrogen-bond donors (Lipinski definition) is 3. The molecule has 0 saturated heterocycles. The number of hydrogen-bond acceptors (Lipinski definition) is 3. The van der Waals surface area contributed by atoms with E-state index in [0.717, 1.165) is 5.56 Å². The standard InChI is InChI=1S/C15H23N3O2/c1-15(2,3)18-14(20)10-17-13(19)9-8-11-6-4-5-7-12(11)16/h4-7H,8-10,16H2,1-3H3,(H,17,19)(H,18,20). The lowest BCUT2D eigenvalue weighted by molar-refractivity contribution is -0.126. The summed E-state index contributed by atoms with van der Waals surface area (Å²) in [6.07, 6.45) is 0.885. The van der Waals surface area contributed by atoms with Gasteiger partial charge in [0, 0.05) is 17.6 Å². The Balaban J connectivity index is 2.31. The first kappa shape index (κ1) is 16.0. The van der Waals surface area contributed by atoms with Crippen molar-refractivity contribution in [3.05, 3.63) is 29.8 Å². The maximum absolute atomic E-state index is 11.7. The predicted octanol–water partition coefficient (Wildman–Crippen LogP) is 1.23. The summed E-state index contributed by atoms with van der Waals surface area (Å²) in [6, 6.07) is 7.45. The van der Waals surface area contributed by atoms with Gasteiger partial charge >= 0.3 is 0 Å². The molecule has 0 bridgehead atoms. The quantitative estimate of drug-likeness (QED) is 0.708. The van der Waals surface area contributed by atoms with E-state index in [-0.39, 0.29) is 23.9 Å². The van der Waals surface area contributed by atoms with E-state index in [1.807, 2.05) is 45.0 Å². The highest BCUT2D eigenvalue weighted by atomic mass is 16.2. The smallest absolute Gasteiger partial charge is 0.239 e.